The van der Waals surface area contributed by atoms with Crippen LogP contribution in [0.2, 0.25) is 0 Å². The first-order chi connectivity index (χ1) is 16.2. The lowest BCUT2D eigenvalue weighted by molar-refractivity contribution is -0.140. The van der Waals surface area contributed by atoms with E-state index in [1.165, 1.54) is 103 Å². The quantitative estimate of drug-likeness (QED) is 0.0501. The fourth-order valence-electron chi connectivity index (χ4n) is 3.18. The molecule has 0 radical (unpaired) electrons. The van der Waals surface area contributed by atoms with Crippen molar-refractivity contribution in [3.05, 3.63) is 24.3 Å². The van der Waals surface area contributed by atoms with E-state index in [0.717, 1.165) is 19.4 Å². The molecule has 0 amide bonds. The summed E-state index contributed by atoms with van der Waals surface area (Å²) in [5, 5.41) is 0. The summed E-state index contributed by atoms with van der Waals surface area (Å²) in [7, 11) is 3.23. The lowest BCUT2D eigenvalue weighted by Crippen LogP contribution is -1.98. The van der Waals surface area contributed by atoms with Crippen LogP contribution in [0.3, 0.4) is 0 Å². The van der Waals surface area contributed by atoms with Gasteiger partial charge >= 0.3 is 5.97 Å². The van der Waals surface area contributed by atoms with Gasteiger partial charge in [0.25, 0.3) is 0 Å². The van der Waals surface area contributed by atoms with E-state index in [1.807, 2.05) is 0 Å². The molecule has 34 heavy (non-hydrogen) atoms. The third-order valence-corrected chi connectivity index (χ3v) is 5.19. The predicted molar refractivity (Wildman–Crippen MR) is 180 cm³/mol. The van der Waals surface area contributed by atoms with Gasteiger partial charge in [0, 0.05) is 57.4 Å². The SMILES string of the molecule is CCC/C=C\CCCCCCCC(=O)OC.CCC/C=C\CCCCCCCCOC.I.II. The first-order valence-electron chi connectivity index (χ1n) is 13.2. The van der Waals surface area contributed by atoms with Gasteiger partial charge in [-0.2, -0.15) is 0 Å². The van der Waals surface area contributed by atoms with E-state index in [1.54, 1.807) is 7.11 Å². The molecule has 0 aliphatic heterocycles. The van der Waals surface area contributed by atoms with Gasteiger partial charge in [-0.05, 0) is 51.4 Å². The van der Waals surface area contributed by atoms with E-state index in [9.17, 15) is 4.79 Å². The molecule has 6 heteroatoms. The van der Waals surface area contributed by atoms with Crippen LogP contribution in [0.5, 0.6) is 0 Å². The lowest BCUT2D eigenvalue weighted by atomic mass is 10.1. The molecule has 0 unspecified atom stereocenters. The number of methoxy groups -OCH3 is 2. The first kappa shape index (κ1) is 42.2. The lowest BCUT2D eigenvalue weighted by Gasteiger charge is -2.00. The largest absolute Gasteiger partial charge is 0.469 e. The maximum absolute atomic E-state index is 10.8. The second-order valence-corrected chi connectivity index (χ2v) is 8.31. The molecule has 0 spiro atoms. The maximum atomic E-state index is 10.8. The average molecular weight is 820 g/mol. The highest BCUT2D eigenvalue weighted by molar-refractivity contribution is 15.0. The summed E-state index contributed by atoms with van der Waals surface area (Å²) in [5.74, 6) is -0.0810. The maximum Gasteiger partial charge on any atom is 0.305 e. The highest BCUT2D eigenvalue weighted by atomic mass is 128. The minimum absolute atomic E-state index is 0. The highest BCUT2D eigenvalue weighted by Gasteiger charge is 1.98. The number of carbonyl (C=O) groups is 1. The molecule has 0 bridgehead atoms. The van der Waals surface area contributed by atoms with Gasteiger partial charge in [-0.15, -0.1) is 24.0 Å². The van der Waals surface area contributed by atoms with Crippen LogP contribution in [0.4, 0.5) is 0 Å². The monoisotopic (exact) mass is 820 g/mol. The van der Waals surface area contributed by atoms with Crippen molar-refractivity contribution in [2.24, 2.45) is 0 Å². The van der Waals surface area contributed by atoms with Crippen molar-refractivity contribution >= 4 is 67.2 Å². The second-order valence-electron chi connectivity index (χ2n) is 8.31. The number of hydrogen-bond donors (Lipinski definition) is 0. The van der Waals surface area contributed by atoms with Crippen molar-refractivity contribution in [2.75, 3.05) is 20.8 Å². The first-order valence-corrected chi connectivity index (χ1v) is 19.5. The molecule has 0 fully saturated rings. The molecule has 0 aliphatic rings. The number of hydrogen-bond acceptors (Lipinski definition) is 3. The zero-order valence-electron chi connectivity index (χ0n) is 22.6. The van der Waals surface area contributed by atoms with E-state index >= 15 is 0 Å². The number of unbranched alkanes of at least 4 members (excludes halogenated alkanes) is 13. The summed E-state index contributed by atoms with van der Waals surface area (Å²) in [6.45, 7) is 5.36. The normalized spacial score (nSPS) is 10.3. The minimum atomic E-state index is -0.0810. The topological polar surface area (TPSA) is 35.5 Å². The molecule has 0 saturated heterocycles. The molecule has 0 N–H and O–H groups in total. The zero-order valence-corrected chi connectivity index (χ0v) is 29.3. The molecule has 0 rings (SSSR count). The Morgan fingerprint density at radius 3 is 1.41 bits per heavy atom. The Hall–Kier alpha value is 1.10. The third kappa shape index (κ3) is 46.4. The molecule has 0 aromatic carbocycles. The molecule has 0 atom stereocenters. The Morgan fingerprint density at radius 2 is 1.00 bits per heavy atom. The van der Waals surface area contributed by atoms with Gasteiger partial charge in [0.05, 0.1) is 7.11 Å². The van der Waals surface area contributed by atoms with Crippen LogP contribution in [0.15, 0.2) is 24.3 Å². The zero-order chi connectivity index (χ0) is 25.3. The number of halogens is 3. The van der Waals surface area contributed by atoms with Crippen molar-refractivity contribution in [3.63, 3.8) is 0 Å². The number of rotatable bonds is 21. The van der Waals surface area contributed by atoms with Gasteiger partial charge in [0.15, 0.2) is 0 Å². The van der Waals surface area contributed by atoms with Crippen LogP contribution in [0.25, 0.3) is 0 Å². The van der Waals surface area contributed by atoms with Crippen LogP contribution in [-0.4, -0.2) is 26.8 Å². The summed E-state index contributed by atoms with van der Waals surface area (Å²) < 4.78 is 9.60. The summed E-state index contributed by atoms with van der Waals surface area (Å²) >= 11 is 4.24. The fourth-order valence-corrected chi connectivity index (χ4v) is 3.18. The van der Waals surface area contributed by atoms with Gasteiger partial charge in [-0.1, -0.05) is 95.9 Å². The standard InChI is InChI=1S/C14H26O2.C14H28O.I2.HI/c1-3-4-5-6-7-8-9-10-11-12-13-14(15)16-2;1-3-4-5-6-7-8-9-10-11-12-13-14-15-2;1-2;/h5-6H,3-4,7-13H2,1-2H3;5-6H,3-4,7-14H2,1-2H3;;1H/b2*6-5-;;. The summed E-state index contributed by atoms with van der Waals surface area (Å²) in [4.78, 5) is 10.8. The number of esters is 1. The van der Waals surface area contributed by atoms with Gasteiger partial charge in [-0.25, -0.2) is 0 Å². The summed E-state index contributed by atoms with van der Waals surface area (Å²) in [6, 6.07) is 0. The van der Waals surface area contributed by atoms with Crippen molar-refractivity contribution in [1.29, 1.82) is 0 Å². The number of carbonyl (C=O) groups excluding carboxylic acids is 1. The van der Waals surface area contributed by atoms with Crippen LogP contribution in [0.1, 0.15) is 129 Å². The Bertz CT molecular complexity index is 402. The van der Waals surface area contributed by atoms with Crippen LogP contribution >= 0.6 is 61.2 Å². The number of ether oxygens (including phenoxy) is 2. The Morgan fingerprint density at radius 1 is 0.618 bits per heavy atom. The Kier molecular flexibility index (Phi) is 54.8. The van der Waals surface area contributed by atoms with E-state index in [0.29, 0.717) is 6.42 Å². The molecule has 0 aliphatic carbocycles. The van der Waals surface area contributed by atoms with E-state index in [2.05, 4.69) is 80.1 Å². The molecule has 0 aromatic rings. The second kappa shape index (κ2) is 44.1. The van der Waals surface area contributed by atoms with Gasteiger partial charge in [0.1, 0.15) is 0 Å². The number of allylic oxidation sites excluding steroid dienone is 4. The van der Waals surface area contributed by atoms with Crippen LogP contribution in [-0.2, 0) is 14.3 Å². The van der Waals surface area contributed by atoms with Crippen molar-refractivity contribution in [2.45, 2.75) is 129 Å². The Labute approximate surface area is 253 Å². The smallest absolute Gasteiger partial charge is 0.305 e. The van der Waals surface area contributed by atoms with Gasteiger partial charge in [-0.3, -0.25) is 4.79 Å². The van der Waals surface area contributed by atoms with E-state index in [-0.39, 0.29) is 29.9 Å². The van der Waals surface area contributed by atoms with E-state index in [4.69, 9.17) is 4.74 Å². The van der Waals surface area contributed by atoms with Gasteiger partial charge in [0.2, 0.25) is 0 Å². The molecule has 0 saturated carbocycles. The van der Waals surface area contributed by atoms with Crippen LogP contribution < -0.4 is 0 Å². The van der Waals surface area contributed by atoms with Crippen molar-refractivity contribution < 1.29 is 14.3 Å². The third-order valence-electron chi connectivity index (χ3n) is 5.19. The summed E-state index contributed by atoms with van der Waals surface area (Å²) in [5.41, 5.74) is 0. The average Bonchev–Trinajstić information content (AvgIpc) is 2.85. The summed E-state index contributed by atoms with van der Waals surface area (Å²) in [6.07, 6.45) is 31.2. The molecular weight excluding hydrogens is 765 g/mol. The van der Waals surface area contributed by atoms with Crippen molar-refractivity contribution in [1.82, 2.24) is 0 Å². The van der Waals surface area contributed by atoms with Crippen LogP contribution in [0, 0.1) is 0 Å². The van der Waals surface area contributed by atoms with Gasteiger partial charge < -0.3 is 9.47 Å². The van der Waals surface area contributed by atoms with E-state index < -0.39 is 0 Å². The molecule has 206 valence electrons. The molecular formula is C28H55I3O3. The molecule has 3 nitrogen and oxygen atoms in total. The molecule has 0 heterocycles. The van der Waals surface area contributed by atoms with Crippen molar-refractivity contribution in [3.8, 4) is 0 Å². The fraction of sp³-hybridized carbons (Fsp3) is 0.821. The Balaban J connectivity index is -0.000000240. The highest BCUT2D eigenvalue weighted by Crippen LogP contribution is 2.09. The molecule has 0 aromatic heterocycles. The minimum Gasteiger partial charge on any atom is -0.469 e. The predicted octanol–water partition coefficient (Wildman–Crippen LogP) is 11.4.